The van der Waals surface area contributed by atoms with Crippen LogP contribution in [0.4, 0.5) is 0 Å². The molecular formula is C14H19NO2. The highest BCUT2D eigenvalue weighted by Crippen LogP contribution is 2.57. The third-order valence-electron chi connectivity index (χ3n) is 4.48. The van der Waals surface area contributed by atoms with Gasteiger partial charge in [0.25, 0.3) is 0 Å². The summed E-state index contributed by atoms with van der Waals surface area (Å²) in [4.78, 5) is 2.02. The van der Waals surface area contributed by atoms with E-state index in [9.17, 15) is 10.2 Å². The van der Waals surface area contributed by atoms with Crippen molar-refractivity contribution >= 4 is 0 Å². The zero-order chi connectivity index (χ0) is 12.0. The van der Waals surface area contributed by atoms with E-state index in [1.807, 2.05) is 23.1 Å². The van der Waals surface area contributed by atoms with Crippen molar-refractivity contribution in [3.63, 3.8) is 0 Å². The van der Waals surface area contributed by atoms with Crippen LogP contribution in [0.1, 0.15) is 31.4 Å². The van der Waals surface area contributed by atoms with Gasteiger partial charge >= 0.3 is 0 Å². The SMILES string of the molecule is C[C@H](c1ccccc1)N1CC(O)C2(CC2)C1O. The zero-order valence-electron chi connectivity index (χ0n) is 10.1. The van der Waals surface area contributed by atoms with Crippen molar-refractivity contribution in [1.82, 2.24) is 4.90 Å². The van der Waals surface area contributed by atoms with E-state index >= 15 is 0 Å². The van der Waals surface area contributed by atoms with Gasteiger partial charge in [-0.2, -0.15) is 0 Å². The van der Waals surface area contributed by atoms with Gasteiger partial charge in [-0.3, -0.25) is 4.90 Å². The minimum atomic E-state index is -0.493. The minimum Gasteiger partial charge on any atom is -0.391 e. The van der Waals surface area contributed by atoms with Gasteiger partial charge in [0.15, 0.2) is 0 Å². The monoisotopic (exact) mass is 233 g/mol. The summed E-state index contributed by atoms with van der Waals surface area (Å²) in [5, 5.41) is 20.4. The normalized spacial score (nSPS) is 32.9. The molecular weight excluding hydrogens is 214 g/mol. The molecule has 2 fully saturated rings. The van der Waals surface area contributed by atoms with Gasteiger partial charge in [0.1, 0.15) is 6.23 Å². The molecule has 0 aromatic heterocycles. The fourth-order valence-electron chi connectivity index (χ4n) is 3.01. The molecule has 2 unspecified atom stereocenters. The summed E-state index contributed by atoms with van der Waals surface area (Å²) >= 11 is 0. The number of nitrogens with zero attached hydrogens (tertiary/aromatic N) is 1. The summed E-state index contributed by atoms with van der Waals surface area (Å²) in [6.07, 6.45) is 1.04. The zero-order valence-corrected chi connectivity index (χ0v) is 10.1. The van der Waals surface area contributed by atoms with Gasteiger partial charge in [-0.15, -0.1) is 0 Å². The summed E-state index contributed by atoms with van der Waals surface area (Å²) in [6, 6.07) is 10.3. The van der Waals surface area contributed by atoms with Gasteiger partial charge in [0.05, 0.1) is 6.10 Å². The van der Waals surface area contributed by atoms with E-state index < -0.39 is 6.23 Å². The van der Waals surface area contributed by atoms with Crippen molar-refractivity contribution in [2.75, 3.05) is 6.54 Å². The summed E-state index contributed by atoms with van der Waals surface area (Å²) in [7, 11) is 0. The Balaban J connectivity index is 1.82. The Morgan fingerprint density at radius 2 is 1.88 bits per heavy atom. The number of benzene rings is 1. The van der Waals surface area contributed by atoms with Crippen LogP contribution in [0.15, 0.2) is 30.3 Å². The van der Waals surface area contributed by atoms with E-state index in [1.54, 1.807) is 0 Å². The molecule has 17 heavy (non-hydrogen) atoms. The van der Waals surface area contributed by atoms with E-state index in [1.165, 1.54) is 5.56 Å². The molecule has 0 bridgehead atoms. The van der Waals surface area contributed by atoms with E-state index in [0.29, 0.717) is 6.54 Å². The van der Waals surface area contributed by atoms with Gasteiger partial charge < -0.3 is 10.2 Å². The van der Waals surface area contributed by atoms with E-state index in [-0.39, 0.29) is 17.6 Å². The predicted molar refractivity (Wildman–Crippen MR) is 65.2 cm³/mol. The third-order valence-corrected chi connectivity index (χ3v) is 4.48. The highest BCUT2D eigenvalue weighted by Gasteiger charge is 2.61. The lowest BCUT2D eigenvalue weighted by Crippen LogP contribution is -2.35. The predicted octanol–water partition coefficient (Wildman–Crippen LogP) is 1.52. The molecule has 3 heteroatoms. The topological polar surface area (TPSA) is 43.7 Å². The van der Waals surface area contributed by atoms with Crippen LogP contribution < -0.4 is 0 Å². The molecule has 1 aromatic rings. The van der Waals surface area contributed by atoms with Crippen LogP contribution >= 0.6 is 0 Å². The minimum absolute atomic E-state index is 0.154. The van der Waals surface area contributed by atoms with Crippen molar-refractivity contribution in [1.29, 1.82) is 0 Å². The molecule has 1 aliphatic heterocycles. The second-order valence-electron chi connectivity index (χ2n) is 5.41. The Morgan fingerprint density at radius 1 is 1.24 bits per heavy atom. The molecule has 3 nitrogen and oxygen atoms in total. The maximum Gasteiger partial charge on any atom is 0.116 e. The molecule has 1 heterocycles. The Kier molecular flexibility index (Phi) is 2.51. The molecule has 0 amide bonds. The Labute approximate surface area is 102 Å². The first-order valence-corrected chi connectivity index (χ1v) is 6.32. The van der Waals surface area contributed by atoms with Gasteiger partial charge in [0, 0.05) is 18.0 Å². The van der Waals surface area contributed by atoms with Crippen LogP contribution in [0.3, 0.4) is 0 Å². The molecule has 1 saturated carbocycles. The average molecular weight is 233 g/mol. The number of rotatable bonds is 2. The average Bonchev–Trinajstić information content (AvgIpc) is 3.12. The van der Waals surface area contributed by atoms with Crippen molar-refractivity contribution in [3.8, 4) is 0 Å². The van der Waals surface area contributed by atoms with Crippen LogP contribution in [0.5, 0.6) is 0 Å². The number of hydrogen-bond acceptors (Lipinski definition) is 3. The number of β-amino-alcohol motifs (C(OH)–C–C–N with tert-alkyl or cyclic N) is 1. The van der Waals surface area contributed by atoms with Crippen molar-refractivity contribution < 1.29 is 10.2 Å². The summed E-state index contributed by atoms with van der Waals surface area (Å²) in [5.74, 6) is 0. The van der Waals surface area contributed by atoms with Crippen LogP contribution in [-0.4, -0.2) is 34.0 Å². The van der Waals surface area contributed by atoms with Crippen LogP contribution in [-0.2, 0) is 0 Å². The maximum atomic E-state index is 10.3. The smallest absolute Gasteiger partial charge is 0.116 e. The molecule has 1 aliphatic carbocycles. The molecule has 2 aliphatic rings. The van der Waals surface area contributed by atoms with E-state index in [0.717, 1.165) is 12.8 Å². The molecule has 0 radical (unpaired) electrons. The second kappa shape index (κ2) is 3.80. The molecule has 92 valence electrons. The maximum absolute atomic E-state index is 10.3. The first kappa shape index (κ1) is 11.2. The number of aliphatic hydroxyl groups is 2. The van der Waals surface area contributed by atoms with Gasteiger partial charge in [0.2, 0.25) is 0 Å². The Hall–Kier alpha value is -0.900. The first-order chi connectivity index (χ1) is 8.15. The summed E-state index contributed by atoms with van der Waals surface area (Å²) in [6.45, 7) is 2.67. The molecule has 2 N–H and O–H groups in total. The van der Waals surface area contributed by atoms with Crippen LogP contribution in [0, 0.1) is 5.41 Å². The fourth-order valence-corrected chi connectivity index (χ4v) is 3.01. The van der Waals surface area contributed by atoms with Gasteiger partial charge in [-0.1, -0.05) is 30.3 Å². The largest absolute Gasteiger partial charge is 0.391 e. The Morgan fingerprint density at radius 3 is 2.41 bits per heavy atom. The number of hydrogen-bond donors (Lipinski definition) is 2. The van der Waals surface area contributed by atoms with Crippen molar-refractivity contribution in [3.05, 3.63) is 35.9 Å². The van der Waals surface area contributed by atoms with Crippen molar-refractivity contribution in [2.45, 2.75) is 38.1 Å². The second-order valence-corrected chi connectivity index (χ2v) is 5.41. The molecule has 3 rings (SSSR count). The molecule has 1 spiro atoms. The molecule has 1 saturated heterocycles. The Bertz CT molecular complexity index is 402. The highest BCUT2D eigenvalue weighted by molar-refractivity contribution is 5.20. The van der Waals surface area contributed by atoms with Crippen LogP contribution in [0.2, 0.25) is 0 Å². The standard InChI is InChI=1S/C14H19NO2/c1-10(11-5-3-2-4-6-11)15-9-12(16)14(7-8-14)13(15)17/h2-6,10,12-13,16-17H,7-9H2,1H3/t10-,12?,13?/m1/s1. The lowest BCUT2D eigenvalue weighted by Gasteiger charge is -2.29. The highest BCUT2D eigenvalue weighted by atomic mass is 16.3. The first-order valence-electron chi connectivity index (χ1n) is 6.32. The number of likely N-dealkylation sites (tertiary alicyclic amines) is 1. The summed E-state index contributed by atoms with van der Waals surface area (Å²) < 4.78 is 0. The molecule has 3 atom stereocenters. The third kappa shape index (κ3) is 1.61. The van der Waals surface area contributed by atoms with Crippen molar-refractivity contribution in [2.24, 2.45) is 5.41 Å². The quantitative estimate of drug-likeness (QED) is 0.814. The van der Waals surface area contributed by atoms with E-state index in [4.69, 9.17) is 0 Å². The van der Waals surface area contributed by atoms with Crippen LogP contribution in [0.25, 0.3) is 0 Å². The molecule has 1 aromatic carbocycles. The van der Waals surface area contributed by atoms with Gasteiger partial charge in [-0.05, 0) is 25.3 Å². The lowest BCUT2D eigenvalue weighted by molar-refractivity contribution is -0.0291. The number of aliphatic hydroxyl groups excluding tert-OH is 2. The summed E-state index contributed by atoms with van der Waals surface area (Å²) in [5.41, 5.74) is 0.972. The lowest BCUT2D eigenvalue weighted by atomic mass is 10.0. The fraction of sp³-hybridized carbons (Fsp3) is 0.571. The van der Waals surface area contributed by atoms with E-state index in [2.05, 4.69) is 19.1 Å². The van der Waals surface area contributed by atoms with Gasteiger partial charge in [-0.25, -0.2) is 0 Å².